The van der Waals surface area contributed by atoms with Gasteiger partial charge in [0.25, 0.3) is 5.91 Å². The molecule has 3 aromatic rings. The van der Waals surface area contributed by atoms with Crippen molar-refractivity contribution in [2.75, 3.05) is 62.2 Å². The minimum absolute atomic E-state index is 0.0206. The van der Waals surface area contributed by atoms with Gasteiger partial charge >= 0.3 is 12.2 Å². The van der Waals surface area contributed by atoms with E-state index < -0.39 is 35.8 Å². The van der Waals surface area contributed by atoms with E-state index >= 15 is 8.78 Å². The molecule has 2 saturated heterocycles. The molecule has 234 valence electrons. The van der Waals surface area contributed by atoms with Crippen molar-refractivity contribution in [1.82, 2.24) is 29.9 Å². The SMILES string of the molecule is CC(C)COC(=O)NC[C@H]1CN(c2cc(F)c(N3CCN(C(=O)CNC(=O)c4cn5ccncc5n4)CC3)c(F)c2)C(=O)O1. The van der Waals surface area contributed by atoms with E-state index in [1.165, 1.54) is 22.2 Å². The third-order valence-electron chi connectivity index (χ3n) is 7.05. The molecule has 4 amide bonds. The number of cyclic esters (lactones) is 1. The molecule has 0 bridgehead atoms. The van der Waals surface area contributed by atoms with Gasteiger partial charge in [0.1, 0.15) is 17.5 Å². The number of carbonyl (C=O) groups excluding carboxylic acids is 4. The fraction of sp³-hybridized carbons (Fsp3) is 0.429. The second-order valence-electron chi connectivity index (χ2n) is 10.8. The Labute approximate surface area is 250 Å². The van der Waals surface area contributed by atoms with Crippen LogP contribution in [0.1, 0.15) is 24.3 Å². The highest BCUT2D eigenvalue weighted by atomic mass is 19.1. The van der Waals surface area contributed by atoms with Crippen molar-refractivity contribution < 1.29 is 37.4 Å². The first-order chi connectivity index (χ1) is 21.1. The van der Waals surface area contributed by atoms with Gasteiger partial charge in [0.2, 0.25) is 5.91 Å². The van der Waals surface area contributed by atoms with Crippen LogP contribution in [0, 0.1) is 17.6 Å². The van der Waals surface area contributed by atoms with Gasteiger partial charge in [-0.1, -0.05) is 13.8 Å². The third kappa shape index (κ3) is 6.95. The van der Waals surface area contributed by atoms with Crippen LogP contribution in [-0.4, -0.2) is 102 Å². The van der Waals surface area contributed by atoms with Crippen molar-refractivity contribution in [3.8, 4) is 0 Å². The average Bonchev–Trinajstić information content (AvgIpc) is 3.61. The fourth-order valence-corrected chi connectivity index (χ4v) is 4.83. The Kier molecular flexibility index (Phi) is 9.06. The molecular weight excluding hydrogens is 582 g/mol. The Morgan fingerprint density at radius 2 is 1.84 bits per heavy atom. The Bertz CT molecular complexity index is 1500. The number of carbonyl (C=O) groups is 4. The van der Waals surface area contributed by atoms with Gasteiger partial charge in [-0.2, -0.15) is 0 Å². The molecule has 0 aliphatic carbocycles. The van der Waals surface area contributed by atoms with E-state index in [0.29, 0.717) is 5.65 Å². The van der Waals surface area contributed by atoms with Crippen LogP contribution in [0.2, 0.25) is 0 Å². The summed E-state index contributed by atoms with van der Waals surface area (Å²) >= 11 is 0. The number of amides is 4. The molecule has 0 unspecified atom stereocenters. The molecule has 2 aliphatic heterocycles. The number of nitrogens with zero attached hydrogens (tertiary/aromatic N) is 6. The lowest BCUT2D eigenvalue weighted by Gasteiger charge is -2.36. The maximum atomic E-state index is 15.2. The largest absolute Gasteiger partial charge is 0.449 e. The molecule has 0 saturated carbocycles. The number of hydrogen-bond acceptors (Lipinski definition) is 9. The molecule has 2 aromatic heterocycles. The molecule has 2 fully saturated rings. The van der Waals surface area contributed by atoms with Crippen molar-refractivity contribution in [3.63, 3.8) is 0 Å². The lowest BCUT2D eigenvalue weighted by atomic mass is 10.2. The fourth-order valence-electron chi connectivity index (χ4n) is 4.83. The molecule has 2 aliphatic rings. The maximum Gasteiger partial charge on any atom is 0.414 e. The van der Waals surface area contributed by atoms with Crippen molar-refractivity contribution in [1.29, 1.82) is 0 Å². The van der Waals surface area contributed by atoms with Gasteiger partial charge in [-0.05, 0) is 5.92 Å². The first kappa shape index (κ1) is 30.4. The predicted octanol–water partition coefficient (Wildman–Crippen LogP) is 1.79. The molecule has 1 aromatic carbocycles. The highest BCUT2D eigenvalue weighted by molar-refractivity contribution is 5.95. The molecule has 1 atom stereocenters. The zero-order valence-electron chi connectivity index (χ0n) is 24.2. The minimum atomic E-state index is -0.874. The van der Waals surface area contributed by atoms with E-state index in [2.05, 4.69) is 20.6 Å². The van der Waals surface area contributed by atoms with Crippen LogP contribution in [0.4, 0.5) is 29.7 Å². The van der Waals surface area contributed by atoms with Gasteiger partial charge in [0, 0.05) is 56.9 Å². The van der Waals surface area contributed by atoms with Gasteiger partial charge in [0.15, 0.2) is 17.3 Å². The summed E-state index contributed by atoms with van der Waals surface area (Å²) in [5.74, 6) is -2.45. The smallest absolute Gasteiger partial charge is 0.414 e. The number of alkyl carbamates (subject to hydrolysis) is 1. The molecule has 14 nitrogen and oxygen atoms in total. The lowest BCUT2D eigenvalue weighted by molar-refractivity contribution is -0.130. The van der Waals surface area contributed by atoms with E-state index in [4.69, 9.17) is 9.47 Å². The number of imidazole rings is 1. The van der Waals surface area contributed by atoms with E-state index in [0.717, 1.165) is 17.0 Å². The molecule has 4 heterocycles. The van der Waals surface area contributed by atoms with Crippen LogP contribution in [0.3, 0.4) is 0 Å². The van der Waals surface area contributed by atoms with Gasteiger partial charge < -0.3 is 34.3 Å². The first-order valence-corrected chi connectivity index (χ1v) is 14.1. The van der Waals surface area contributed by atoms with Crippen molar-refractivity contribution in [2.45, 2.75) is 20.0 Å². The standard InChI is InChI=1S/C28H32F2N8O6/c1-17(2)16-43-27(41)33-11-19-14-38(28(42)44-19)18-9-20(29)25(21(30)10-18)36-7-5-35(6-8-36)24(39)13-32-26(40)22-15-37-4-3-31-12-23(37)34-22/h3-4,9-10,12,15,17,19H,5-8,11,13-14,16H2,1-2H3,(H,32,40)(H,33,41)/t19-/m0/s1. The number of hydrogen-bond donors (Lipinski definition) is 2. The van der Waals surface area contributed by atoms with E-state index in [1.54, 1.807) is 16.8 Å². The average molecular weight is 615 g/mol. The second-order valence-corrected chi connectivity index (χ2v) is 10.8. The molecule has 0 radical (unpaired) electrons. The minimum Gasteiger partial charge on any atom is -0.449 e. The van der Waals surface area contributed by atoms with E-state index in [-0.39, 0.29) is 81.3 Å². The highest BCUT2D eigenvalue weighted by Gasteiger charge is 2.34. The van der Waals surface area contributed by atoms with Crippen molar-refractivity contribution >= 4 is 41.0 Å². The Hall–Kier alpha value is -5.02. The highest BCUT2D eigenvalue weighted by Crippen LogP contribution is 2.31. The zero-order valence-corrected chi connectivity index (χ0v) is 24.2. The zero-order chi connectivity index (χ0) is 31.4. The van der Waals surface area contributed by atoms with Crippen LogP contribution in [0.25, 0.3) is 5.65 Å². The van der Waals surface area contributed by atoms with Gasteiger partial charge in [-0.3, -0.25) is 19.5 Å². The number of benzene rings is 1. The van der Waals surface area contributed by atoms with Gasteiger partial charge in [0.05, 0.1) is 38.1 Å². The molecule has 0 spiro atoms. The third-order valence-corrected chi connectivity index (χ3v) is 7.05. The van der Waals surface area contributed by atoms with Gasteiger partial charge in [-0.25, -0.2) is 23.4 Å². The van der Waals surface area contributed by atoms with Crippen LogP contribution in [0.5, 0.6) is 0 Å². The number of aromatic nitrogens is 3. The number of piperazine rings is 1. The summed E-state index contributed by atoms with van der Waals surface area (Å²) in [6.45, 7) is 4.39. The molecule has 16 heteroatoms. The molecule has 44 heavy (non-hydrogen) atoms. The molecular formula is C28H32F2N8O6. The van der Waals surface area contributed by atoms with Crippen LogP contribution >= 0.6 is 0 Å². The lowest BCUT2D eigenvalue weighted by Crippen LogP contribution is -2.51. The van der Waals surface area contributed by atoms with Crippen molar-refractivity contribution in [3.05, 3.63) is 54.2 Å². The number of rotatable bonds is 9. The Morgan fingerprint density at radius 3 is 2.52 bits per heavy atom. The van der Waals surface area contributed by atoms with Crippen molar-refractivity contribution in [2.24, 2.45) is 5.92 Å². The van der Waals surface area contributed by atoms with Gasteiger partial charge in [-0.15, -0.1) is 0 Å². The number of ether oxygens (including phenoxy) is 2. The van der Waals surface area contributed by atoms with E-state index in [9.17, 15) is 19.2 Å². The van der Waals surface area contributed by atoms with E-state index in [1.807, 2.05) is 13.8 Å². The summed E-state index contributed by atoms with van der Waals surface area (Å²) in [5.41, 5.74) is 0.339. The monoisotopic (exact) mass is 614 g/mol. The van der Waals surface area contributed by atoms with Crippen LogP contribution in [-0.2, 0) is 14.3 Å². The molecule has 5 rings (SSSR count). The Morgan fingerprint density at radius 1 is 1.11 bits per heavy atom. The number of anilines is 2. The summed E-state index contributed by atoms with van der Waals surface area (Å²) in [4.78, 5) is 61.5. The maximum absolute atomic E-state index is 15.2. The number of nitrogens with one attached hydrogen (secondary N) is 2. The predicted molar refractivity (Wildman–Crippen MR) is 152 cm³/mol. The number of fused-ring (bicyclic) bond motifs is 1. The quantitative estimate of drug-likeness (QED) is 0.368. The summed E-state index contributed by atoms with van der Waals surface area (Å²) in [7, 11) is 0. The Balaban J connectivity index is 1.12. The van der Waals surface area contributed by atoms with Crippen LogP contribution < -0.4 is 20.4 Å². The molecule has 2 N–H and O–H groups in total. The second kappa shape index (κ2) is 13.1. The first-order valence-electron chi connectivity index (χ1n) is 14.1. The topological polar surface area (TPSA) is 151 Å². The summed E-state index contributed by atoms with van der Waals surface area (Å²) < 4.78 is 42.3. The summed E-state index contributed by atoms with van der Waals surface area (Å²) in [6.07, 6.45) is 4.06. The number of halogens is 2. The summed E-state index contributed by atoms with van der Waals surface area (Å²) in [5, 5.41) is 5.06. The normalized spacial score (nSPS) is 16.8. The van der Waals surface area contributed by atoms with Crippen LogP contribution in [0.15, 0.2) is 36.9 Å². The summed E-state index contributed by atoms with van der Waals surface area (Å²) in [6, 6.07) is 2.10.